The minimum Gasteiger partial charge on any atom is -0.327 e. The molecule has 5 aromatic rings. The molecule has 0 saturated carbocycles. The summed E-state index contributed by atoms with van der Waals surface area (Å²) >= 11 is 12.4. The molecule has 7 heteroatoms. The highest BCUT2D eigenvalue weighted by molar-refractivity contribution is 6.42. The second-order valence-corrected chi connectivity index (χ2v) is 10.2. The quantitative estimate of drug-likeness (QED) is 0.243. The van der Waals surface area contributed by atoms with Gasteiger partial charge < -0.3 is 5.32 Å². The van der Waals surface area contributed by atoms with E-state index in [0.29, 0.717) is 22.3 Å². The Balaban J connectivity index is 1.41. The molecule has 0 spiro atoms. The van der Waals surface area contributed by atoms with Crippen molar-refractivity contribution in [2.75, 3.05) is 0 Å². The van der Waals surface area contributed by atoms with Gasteiger partial charge in [0.1, 0.15) is 0 Å². The number of imidazole rings is 1. The van der Waals surface area contributed by atoms with Crippen molar-refractivity contribution in [2.45, 2.75) is 18.5 Å². The van der Waals surface area contributed by atoms with E-state index in [2.05, 4.69) is 10.3 Å². The number of para-hydroxylation sites is 1. The number of nitrogens with zero attached hydrogens (tertiary/aromatic N) is 3. The molecule has 2 atom stereocenters. The number of halogens is 2. The van der Waals surface area contributed by atoms with Crippen LogP contribution in [0.5, 0.6) is 0 Å². The van der Waals surface area contributed by atoms with Gasteiger partial charge >= 0.3 is 0 Å². The fourth-order valence-electron chi connectivity index (χ4n) is 4.97. The Bertz CT molecular complexity index is 1660. The van der Waals surface area contributed by atoms with Crippen LogP contribution in [0.3, 0.4) is 0 Å². The van der Waals surface area contributed by atoms with Crippen LogP contribution in [-0.4, -0.2) is 21.2 Å². The molecule has 1 aromatic heterocycles. The molecule has 0 fully saturated rings. The second kappa shape index (κ2) is 10.9. The first-order chi connectivity index (χ1) is 19.1. The van der Waals surface area contributed by atoms with Gasteiger partial charge in [-0.1, -0.05) is 108 Å². The molecule has 1 N–H and O–H groups in total. The van der Waals surface area contributed by atoms with Crippen LogP contribution in [0.4, 0.5) is 0 Å². The first-order valence-corrected chi connectivity index (χ1v) is 13.4. The molecule has 1 amide bonds. The lowest BCUT2D eigenvalue weighted by Crippen LogP contribution is -2.34. The Labute approximate surface area is 236 Å². The summed E-state index contributed by atoms with van der Waals surface area (Å²) in [6.45, 7) is 0. The predicted molar refractivity (Wildman–Crippen MR) is 156 cm³/mol. The van der Waals surface area contributed by atoms with Gasteiger partial charge in [0.2, 0.25) is 5.91 Å². The number of aromatic nitrogens is 2. The molecule has 0 aliphatic carbocycles. The van der Waals surface area contributed by atoms with Gasteiger partial charge in [0.05, 0.1) is 27.4 Å². The van der Waals surface area contributed by atoms with Crippen LogP contribution in [-0.2, 0) is 11.2 Å². The van der Waals surface area contributed by atoms with Gasteiger partial charge in [-0.25, -0.2) is 4.98 Å². The van der Waals surface area contributed by atoms with Crippen LogP contribution in [0.25, 0.3) is 5.69 Å². The highest BCUT2D eigenvalue weighted by Gasteiger charge is 2.30. The molecule has 2 unspecified atom stereocenters. The van der Waals surface area contributed by atoms with Gasteiger partial charge in [-0.2, -0.15) is 0 Å². The molecule has 1 aliphatic heterocycles. The average Bonchev–Trinajstić information content (AvgIpc) is 3.42. The zero-order valence-corrected chi connectivity index (χ0v) is 22.3. The summed E-state index contributed by atoms with van der Waals surface area (Å²) in [5.41, 5.74) is 5.49. The Morgan fingerprint density at radius 2 is 1.59 bits per heavy atom. The minimum atomic E-state index is -0.699. The van der Waals surface area contributed by atoms with Gasteiger partial charge in [-0.05, 0) is 35.7 Å². The maximum Gasteiger partial charge on any atom is 0.229 e. The van der Waals surface area contributed by atoms with Gasteiger partial charge in [0.15, 0.2) is 12.0 Å². The summed E-state index contributed by atoms with van der Waals surface area (Å²) in [7, 11) is 0. The Morgan fingerprint density at radius 3 is 2.36 bits per heavy atom. The van der Waals surface area contributed by atoms with Crippen LogP contribution in [0.1, 0.15) is 40.2 Å². The summed E-state index contributed by atoms with van der Waals surface area (Å²) in [4.78, 5) is 23.8. The maximum atomic E-state index is 14.1. The van der Waals surface area contributed by atoms with Crippen LogP contribution in [0.2, 0.25) is 10.0 Å². The molecule has 2 heterocycles. The van der Waals surface area contributed by atoms with Crippen LogP contribution < -0.4 is 5.32 Å². The first kappa shape index (κ1) is 25.1. The van der Waals surface area contributed by atoms with E-state index in [0.717, 1.165) is 33.7 Å². The van der Waals surface area contributed by atoms with E-state index >= 15 is 0 Å². The molecule has 6 rings (SSSR count). The molecular formula is C32H24Cl2N4O. The van der Waals surface area contributed by atoms with E-state index in [1.54, 1.807) is 12.3 Å². The highest BCUT2D eigenvalue weighted by atomic mass is 35.5. The number of carbonyl (C=O) groups is 1. The summed E-state index contributed by atoms with van der Waals surface area (Å²) in [6.07, 6.45) is 3.39. The van der Waals surface area contributed by atoms with E-state index < -0.39 is 12.1 Å². The molecule has 4 aromatic carbocycles. The summed E-state index contributed by atoms with van der Waals surface area (Å²) in [5.74, 6) is 0.00452. The third-order valence-electron chi connectivity index (χ3n) is 6.86. The third kappa shape index (κ3) is 5.11. The molecule has 39 heavy (non-hydrogen) atoms. The van der Waals surface area contributed by atoms with E-state index in [-0.39, 0.29) is 5.91 Å². The number of aliphatic imine (C=N–C) groups is 1. The van der Waals surface area contributed by atoms with Gasteiger partial charge in [-0.15, -0.1) is 0 Å². The molecular weight excluding hydrogens is 527 g/mol. The fraction of sp³-hybridized carbons (Fsp3) is 0.0938. The number of carbonyl (C=O) groups excluding carboxylic acids is 1. The predicted octanol–water partition coefficient (Wildman–Crippen LogP) is 7.17. The van der Waals surface area contributed by atoms with Crippen molar-refractivity contribution in [3.05, 3.63) is 154 Å². The first-order valence-electron chi connectivity index (χ1n) is 12.6. The second-order valence-electron chi connectivity index (χ2n) is 9.34. The van der Waals surface area contributed by atoms with E-state index in [4.69, 9.17) is 28.2 Å². The maximum absolute atomic E-state index is 14.1. The number of hydrogen-bond acceptors (Lipinski definition) is 3. The van der Waals surface area contributed by atoms with Crippen molar-refractivity contribution in [2.24, 2.45) is 4.99 Å². The van der Waals surface area contributed by atoms with Crippen molar-refractivity contribution in [3.63, 3.8) is 0 Å². The highest BCUT2D eigenvalue weighted by Crippen LogP contribution is 2.31. The monoisotopic (exact) mass is 550 g/mol. The van der Waals surface area contributed by atoms with Crippen molar-refractivity contribution in [1.29, 1.82) is 0 Å². The lowest BCUT2D eigenvalue weighted by Gasteiger charge is -2.21. The summed E-state index contributed by atoms with van der Waals surface area (Å²) < 4.78 is 2.00. The Morgan fingerprint density at radius 1 is 0.872 bits per heavy atom. The van der Waals surface area contributed by atoms with E-state index in [9.17, 15) is 4.79 Å². The number of benzene rings is 4. The van der Waals surface area contributed by atoms with Crippen molar-refractivity contribution in [1.82, 2.24) is 14.9 Å². The van der Waals surface area contributed by atoms with E-state index in [1.807, 2.05) is 108 Å². The topological polar surface area (TPSA) is 59.3 Å². The zero-order valence-electron chi connectivity index (χ0n) is 20.8. The number of hydrogen-bond donors (Lipinski definition) is 1. The van der Waals surface area contributed by atoms with Crippen LogP contribution >= 0.6 is 23.2 Å². The molecule has 5 nitrogen and oxygen atoms in total. The van der Waals surface area contributed by atoms with Gasteiger partial charge in [0, 0.05) is 23.5 Å². The third-order valence-corrected chi connectivity index (χ3v) is 7.60. The zero-order chi connectivity index (χ0) is 26.8. The molecule has 192 valence electrons. The SMILES string of the molecule is O=C(NC1N=C(c2ccccc2)c2ccccc2-n2ccnc21)C(Cc1ccc(Cl)c(Cl)c1)c1ccccc1. The summed E-state index contributed by atoms with van der Waals surface area (Å²) in [6, 6.07) is 33.3. The fourth-order valence-corrected chi connectivity index (χ4v) is 5.29. The van der Waals surface area contributed by atoms with Crippen molar-refractivity contribution >= 4 is 34.8 Å². The van der Waals surface area contributed by atoms with Crippen LogP contribution in [0, 0.1) is 0 Å². The Kier molecular flexibility index (Phi) is 7.01. The van der Waals surface area contributed by atoms with Gasteiger partial charge in [-0.3, -0.25) is 14.4 Å². The largest absolute Gasteiger partial charge is 0.327 e. The summed E-state index contributed by atoms with van der Waals surface area (Å²) in [5, 5.41) is 4.15. The minimum absolute atomic E-state index is 0.158. The van der Waals surface area contributed by atoms with Crippen molar-refractivity contribution in [3.8, 4) is 5.69 Å². The molecule has 0 bridgehead atoms. The Hall–Kier alpha value is -4.19. The number of fused-ring (bicyclic) bond motifs is 3. The molecule has 0 saturated heterocycles. The van der Waals surface area contributed by atoms with Gasteiger partial charge in [0.25, 0.3) is 0 Å². The number of rotatable bonds is 6. The molecule has 0 radical (unpaired) electrons. The van der Waals surface area contributed by atoms with Crippen molar-refractivity contribution < 1.29 is 4.79 Å². The smallest absolute Gasteiger partial charge is 0.229 e. The standard InChI is InChI=1S/C32H24Cl2N4O/c33-26-16-15-21(20-27(26)34)19-25(22-9-3-1-4-10-22)32(39)37-30-31-35-17-18-38(31)28-14-8-7-13-24(28)29(36-30)23-11-5-2-6-12-23/h1-18,20,25,30H,19H2,(H,37,39). The average molecular weight is 551 g/mol. The lowest BCUT2D eigenvalue weighted by atomic mass is 9.91. The normalized spacial score (nSPS) is 14.9. The van der Waals surface area contributed by atoms with Crippen LogP contribution in [0.15, 0.2) is 121 Å². The lowest BCUT2D eigenvalue weighted by molar-refractivity contribution is -0.123. The number of amides is 1. The van der Waals surface area contributed by atoms with E-state index in [1.165, 1.54) is 0 Å². The molecule has 1 aliphatic rings. The number of nitrogens with one attached hydrogen (secondary N) is 1.